The number of phenolic OH excluding ortho intramolecular Hbond substituents is 1. The number of carbonyl (C=O) groups is 2. The maximum atomic E-state index is 12.5. The Kier molecular flexibility index (Phi) is 7.64. The van der Waals surface area contributed by atoms with Crippen molar-refractivity contribution in [2.24, 2.45) is 5.10 Å². The van der Waals surface area contributed by atoms with Crippen LogP contribution in [0.25, 0.3) is 10.8 Å². The molecule has 0 saturated heterocycles. The van der Waals surface area contributed by atoms with E-state index in [4.69, 9.17) is 14.2 Å². The molecule has 0 bridgehead atoms. The van der Waals surface area contributed by atoms with Gasteiger partial charge in [-0.25, -0.2) is 10.2 Å². The van der Waals surface area contributed by atoms with E-state index in [-0.39, 0.29) is 24.5 Å². The van der Waals surface area contributed by atoms with Gasteiger partial charge in [0, 0.05) is 0 Å². The molecular weight excluding hydrogens is 412 g/mol. The Morgan fingerprint density at radius 2 is 1.72 bits per heavy atom. The minimum atomic E-state index is -0.538. The van der Waals surface area contributed by atoms with Gasteiger partial charge in [0.2, 0.25) is 0 Å². The van der Waals surface area contributed by atoms with Crippen molar-refractivity contribution in [1.29, 1.82) is 0 Å². The van der Waals surface area contributed by atoms with Crippen LogP contribution in [0.2, 0.25) is 0 Å². The van der Waals surface area contributed by atoms with Gasteiger partial charge in [-0.2, -0.15) is 5.10 Å². The topological polar surface area (TPSA) is 106 Å². The number of amides is 1. The third-order valence-corrected chi connectivity index (χ3v) is 4.41. The van der Waals surface area contributed by atoms with Crippen LogP contribution in [-0.2, 0) is 9.53 Å². The predicted octanol–water partition coefficient (Wildman–Crippen LogP) is 3.65. The third kappa shape index (κ3) is 5.75. The van der Waals surface area contributed by atoms with Gasteiger partial charge in [-0.1, -0.05) is 24.3 Å². The molecule has 0 unspecified atom stereocenters. The number of fused-ring (bicyclic) bond motifs is 1. The third-order valence-electron chi connectivity index (χ3n) is 4.41. The molecule has 0 heterocycles. The van der Waals surface area contributed by atoms with Crippen LogP contribution >= 0.6 is 0 Å². The molecule has 8 heteroatoms. The van der Waals surface area contributed by atoms with Crippen LogP contribution in [0.4, 0.5) is 0 Å². The zero-order valence-corrected chi connectivity index (χ0v) is 17.8. The van der Waals surface area contributed by atoms with Gasteiger partial charge < -0.3 is 19.3 Å². The smallest absolute Gasteiger partial charge is 0.344 e. The molecule has 3 aromatic carbocycles. The molecule has 1 amide bonds. The number of ether oxygens (including phenoxy) is 3. The van der Waals surface area contributed by atoms with E-state index in [2.05, 4.69) is 10.5 Å². The molecule has 0 aliphatic carbocycles. The summed E-state index contributed by atoms with van der Waals surface area (Å²) in [4.78, 5) is 24.0. The van der Waals surface area contributed by atoms with Crippen LogP contribution in [0.15, 0.2) is 59.7 Å². The number of carbonyl (C=O) groups excluding carboxylic acids is 2. The van der Waals surface area contributed by atoms with Crippen LogP contribution in [-0.4, -0.2) is 43.0 Å². The lowest BCUT2D eigenvalue weighted by atomic mass is 10.1. The van der Waals surface area contributed by atoms with Crippen molar-refractivity contribution < 1.29 is 28.9 Å². The lowest BCUT2D eigenvalue weighted by Gasteiger charge is -2.12. The number of phenols is 1. The summed E-state index contributed by atoms with van der Waals surface area (Å²) in [6.07, 6.45) is 1.44. The molecule has 2 N–H and O–H groups in total. The van der Waals surface area contributed by atoms with Gasteiger partial charge in [-0.3, -0.25) is 4.79 Å². The molecule has 0 fully saturated rings. The second-order valence-electron chi connectivity index (χ2n) is 6.65. The quantitative estimate of drug-likeness (QED) is 0.301. The normalized spacial score (nSPS) is 10.8. The first-order chi connectivity index (χ1) is 15.5. The number of hydrogen-bond acceptors (Lipinski definition) is 7. The fourth-order valence-electron chi connectivity index (χ4n) is 2.97. The second-order valence-corrected chi connectivity index (χ2v) is 6.65. The van der Waals surface area contributed by atoms with Crippen molar-refractivity contribution in [2.45, 2.75) is 13.8 Å². The van der Waals surface area contributed by atoms with Crippen LogP contribution in [0, 0.1) is 0 Å². The predicted molar refractivity (Wildman–Crippen MR) is 120 cm³/mol. The van der Waals surface area contributed by atoms with E-state index in [0.29, 0.717) is 23.7 Å². The van der Waals surface area contributed by atoms with E-state index in [9.17, 15) is 14.7 Å². The van der Waals surface area contributed by atoms with Gasteiger partial charge >= 0.3 is 5.97 Å². The Hall–Kier alpha value is -4.07. The number of nitrogens with zero attached hydrogens (tertiary/aromatic N) is 1. The Labute approximate surface area is 185 Å². The number of hydrazone groups is 1. The van der Waals surface area contributed by atoms with Crippen molar-refractivity contribution in [2.75, 3.05) is 19.8 Å². The minimum absolute atomic E-state index is 0.124. The average Bonchev–Trinajstić information content (AvgIpc) is 2.78. The first-order valence-corrected chi connectivity index (χ1v) is 10.1. The van der Waals surface area contributed by atoms with Gasteiger partial charge in [0.05, 0.1) is 25.0 Å². The largest absolute Gasteiger partial charge is 0.507 e. The molecule has 3 rings (SSSR count). The maximum Gasteiger partial charge on any atom is 0.344 e. The minimum Gasteiger partial charge on any atom is -0.507 e. The number of aromatic hydroxyl groups is 1. The molecule has 3 aromatic rings. The summed E-state index contributed by atoms with van der Waals surface area (Å²) in [6.45, 7) is 3.99. The highest BCUT2D eigenvalue weighted by molar-refractivity contribution is 6.01. The zero-order chi connectivity index (χ0) is 22.9. The lowest BCUT2D eigenvalue weighted by molar-refractivity contribution is -0.145. The fraction of sp³-hybridized carbons (Fsp3) is 0.208. The van der Waals surface area contributed by atoms with Gasteiger partial charge in [-0.05, 0) is 60.5 Å². The van der Waals surface area contributed by atoms with E-state index >= 15 is 0 Å². The number of nitrogens with one attached hydrogen (secondary N) is 1. The van der Waals surface area contributed by atoms with Crippen LogP contribution < -0.4 is 14.9 Å². The van der Waals surface area contributed by atoms with Gasteiger partial charge in [0.15, 0.2) is 18.1 Å². The first-order valence-electron chi connectivity index (χ1n) is 10.1. The van der Waals surface area contributed by atoms with Crippen molar-refractivity contribution in [3.05, 3.63) is 65.7 Å². The highest BCUT2D eigenvalue weighted by Crippen LogP contribution is 2.28. The van der Waals surface area contributed by atoms with Gasteiger partial charge in [0.1, 0.15) is 5.75 Å². The summed E-state index contributed by atoms with van der Waals surface area (Å²) < 4.78 is 15.9. The molecule has 0 aliphatic rings. The fourth-order valence-corrected chi connectivity index (χ4v) is 2.97. The molecule has 0 aliphatic heterocycles. The molecule has 32 heavy (non-hydrogen) atoms. The molecule has 0 atom stereocenters. The average molecular weight is 436 g/mol. The van der Waals surface area contributed by atoms with Crippen molar-refractivity contribution in [3.8, 4) is 17.2 Å². The summed E-state index contributed by atoms with van der Waals surface area (Å²) in [5, 5.41) is 15.8. The summed E-state index contributed by atoms with van der Waals surface area (Å²) in [5.41, 5.74) is 3.17. The van der Waals surface area contributed by atoms with E-state index in [1.807, 2.05) is 31.2 Å². The molecular formula is C24H24N2O6. The molecule has 8 nitrogen and oxygen atoms in total. The highest BCUT2D eigenvalue weighted by Gasteiger charge is 2.12. The second kappa shape index (κ2) is 10.8. The van der Waals surface area contributed by atoms with E-state index in [0.717, 1.165) is 10.8 Å². The Bertz CT molecular complexity index is 1140. The Balaban J connectivity index is 1.69. The highest BCUT2D eigenvalue weighted by atomic mass is 16.6. The summed E-state index contributed by atoms with van der Waals surface area (Å²) >= 11 is 0. The standard InChI is InChI=1S/C24H24N2O6/c1-3-30-22-11-16(9-10-21(22)32-15-23(28)31-4-2)14-25-26-24(29)19-12-17-7-5-6-8-18(17)13-20(19)27/h5-14,27H,3-4,15H2,1-2H3,(H,26,29). The molecule has 166 valence electrons. The maximum absolute atomic E-state index is 12.5. The number of benzene rings is 3. The van der Waals surface area contributed by atoms with Crippen molar-refractivity contribution in [3.63, 3.8) is 0 Å². The summed E-state index contributed by atoms with van der Waals surface area (Å²) in [7, 11) is 0. The first kappa shape index (κ1) is 22.6. The SMILES string of the molecule is CCOC(=O)COc1ccc(C=NNC(=O)c2cc3ccccc3cc2O)cc1OCC. The van der Waals surface area contributed by atoms with Crippen molar-refractivity contribution in [1.82, 2.24) is 5.43 Å². The Morgan fingerprint density at radius 1 is 0.969 bits per heavy atom. The summed E-state index contributed by atoms with van der Waals surface area (Å²) in [5.74, 6) is -0.316. The van der Waals surface area contributed by atoms with Crippen LogP contribution in [0.3, 0.4) is 0 Å². The summed E-state index contributed by atoms with van der Waals surface area (Å²) in [6, 6.07) is 15.6. The number of rotatable bonds is 9. The van der Waals surface area contributed by atoms with Crippen LogP contribution in [0.5, 0.6) is 17.2 Å². The monoisotopic (exact) mass is 436 g/mol. The molecule has 0 spiro atoms. The molecule has 0 radical (unpaired) electrons. The van der Waals surface area contributed by atoms with E-state index in [1.165, 1.54) is 12.3 Å². The number of esters is 1. The lowest BCUT2D eigenvalue weighted by Crippen LogP contribution is -2.17. The van der Waals surface area contributed by atoms with Crippen molar-refractivity contribution >= 4 is 28.9 Å². The number of hydrogen-bond donors (Lipinski definition) is 2. The van der Waals surface area contributed by atoms with Gasteiger partial charge in [-0.15, -0.1) is 0 Å². The zero-order valence-electron chi connectivity index (χ0n) is 17.8. The molecule has 0 aromatic heterocycles. The van der Waals surface area contributed by atoms with Gasteiger partial charge in [0.25, 0.3) is 5.91 Å². The van der Waals surface area contributed by atoms with E-state index < -0.39 is 11.9 Å². The Morgan fingerprint density at radius 3 is 2.44 bits per heavy atom. The van der Waals surface area contributed by atoms with E-state index in [1.54, 1.807) is 31.2 Å². The van der Waals surface area contributed by atoms with Crippen LogP contribution in [0.1, 0.15) is 29.8 Å². The molecule has 0 saturated carbocycles.